The molecule has 0 radical (unpaired) electrons. The summed E-state index contributed by atoms with van der Waals surface area (Å²) in [7, 11) is 0. The second-order valence-electron chi connectivity index (χ2n) is 3.35. The quantitative estimate of drug-likeness (QED) is 0.842. The van der Waals surface area contributed by atoms with Gasteiger partial charge in [0, 0.05) is 5.75 Å². The van der Waals surface area contributed by atoms with Crippen LogP contribution in [0.3, 0.4) is 0 Å². The largest absolute Gasteiger partial charge is 0.416 e. The Morgan fingerprint density at radius 1 is 1.12 bits per heavy atom. The van der Waals surface area contributed by atoms with Crippen LogP contribution in [0.25, 0.3) is 0 Å². The molecule has 1 aliphatic heterocycles. The highest BCUT2D eigenvalue weighted by Crippen LogP contribution is 2.29. The number of halogens is 3. The Bertz CT molecular complexity index is 477. The molecular weight excluding hydrogens is 251 g/mol. The summed E-state index contributed by atoms with van der Waals surface area (Å²) in [4.78, 5) is 0. The maximum atomic E-state index is 12.3. The van der Waals surface area contributed by atoms with Crippen molar-refractivity contribution in [2.75, 3.05) is 5.75 Å². The minimum Gasteiger partial charge on any atom is -0.377 e. The molecule has 0 spiro atoms. The number of benzene rings is 1. The van der Waals surface area contributed by atoms with Crippen LogP contribution >= 0.6 is 11.8 Å². The molecule has 1 aliphatic rings. The Labute approximate surface area is 99.6 Å². The predicted octanol–water partition coefficient (Wildman–Crippen LogP) is 2.47. The Morgan fingerprint density at radius 2 is 1.76 bits per heavy atom. The molecule has 17 heavy (non-hydrogen) atoms. The molecule has 2 rings (SSSR count). The number of alkyl halides is 3. The van der Waals surface area contributed by atoms with Gasteiger partial charge in [-0.1, -0.05) is 23.9 Å². The van der Waals surface area contributed by atoms with Gasteiger partial charge >= 0.3 is 6.18 Å². The third-order valence-corrected chi connectivity index (χ3v) is 2.97. The van der Waals surface area contributed by atoms with E-state index < -0.39 is 11.7 Å². The van der Waals surface area contributed by atoms with Gasteiger partial charge in [0.2, 0.25) is 0 Å². The summed E-state index contributed by atoms with van der Waals surface area (Å²) < 4.78 is 37.0. The molecule has 1 aromatic carbocycles. The zero-order valence-electron chi connectivity index (χ0n) is 8.53. The molecule has 0 saturated heterocycles. The van der Waals surface area contributed by atoms with Gasteiger partial charge in [0.25, 0.3) is 0 Å². The molecule has 0 amide bonds. The van der Waals surface area contributed by atoms with Gasteiger partial charge in [0.15, 0.2) is 5.17 Å². The Hall–Kier alpha value is -1.50. The number of thioether (sulfide) groups is 1. The maximum Gasteiger partial charge on any atom is 0.416 e. The first-order valence-corrected chi connectivity index (χ1v) is 5.66. The van der Waals surface area contributed by atoms with Crippen molar-refractivity contribution < 1.29 is 13.2 Å². The predicted molar refractivity (Wildman–Crippen MR) is 62.1 cm³/mol. The van der Waals surface area contributed by atoms with E-state index in [4.69, 9.17) is 5.73 Å². The van der Waals surface area contributed by atoms with Crippen LogP contribution < -0.4 is 5.73 Å². The van der Waals surface area contributed by atoms with E-state index in [1.165, 1.54) is 23.9 Å². The highest BCUT2D eigenvalue weighted by molar-refractivity contribution is 8.14. The minimum atomic E-state index is -4.32. The number of nitrogens with zero attached hydrogens (tertiary/aromatic N) is 2. The molecule has 0 atom stereocenters. The molecule has 1 aromatic rings. The van der Waals surface area contributed by atoms with Gasteiger partial charge in [-0.05, 0) is 17.7 Å². The first-order valence-electron chi connectivity index (χ1n) is 4.67. The molecule has 3 nitrogen and oxygen atoms in total. The summed E-state index contributed by atoms with van der Waals surface area (Å²) in [6, 6.07) is 4.84. The van der Waals surface area contributed by atoms with Crippen LogP contribution in [0.1, 0.15) is 11.1 Å². The van der Waals surface area contributed by atoms with Gasteiger partial charge < -0.3 is 5.73 Å². The van der Waals surface area contributed by atoms with Crippen molar-refractivity contribution >= 4 is 22.6 Å². The number of hydrogen-bond acceptors (Lipinski definition) is 4. The van der Waals surface area contributed by atoms with Gasteiger partial charge in [0.1, 0.15) is 0 Å². The fourth-order valence-electron chi connectivity index (χ4n) is 1.30. The highest BCUT2D eigenvalue weighted by atomic mass is 32.2. The summed E-state index contributed by atoms with van der Waals surface area (Å²) >= 11 is 1.31. The molecule has 7 heteroatoms. The Morgan fingerprint density at radius 3 is 2.24 bits per heavy atom. The van der Waals surface area contributed by atoms with Crippen molar-refractivity contribution in [3.63, 3.8) is 0 Å². The van der Waals surface area contributed by atoms with Crippen molar-refractivity contribution in [3.05, 3.63) is 35.4 Å². The van der Waals surface area contributed by atoms with E-state index in [9.17, 15) is 13.2 Å². The van der Waals surface area contributed by atoms with Crippen LogP contribution in [0.15, 0.2) is 34.5 Å². The summed E-state index contributed by atoms with van der Waals surface area (Å²) in [5, 5.41) is 7.89. The summed E-state index contributed by atoms with van der Waals surface area (Å²) in [5.41, 5.74) is 5.99. The smallest absolute Gasteiger partial charge is 0.377 e. The summed E-state index contributed by atoms with van der Waals surface area (Å²) in [6.07, 6.45) is -4.32. The first-order chi connectivity index (χ1) is 7.97. The lowest BCUT2D eigenvalue weighted by Gasteiger charge is -2.10. The van der Waals surface area contributed by atoms with Crippen molar-refractivity contribution in [1.29, 1.82) is 0 Å². The van der Waals surface area contributed by atoms with E-state index in [0.717, 1.165) is 12.1 Å². The highest BCUT2D eigenvalue weighted by Gasteiger charge is 2.30. The van der Waals surface area contributed by atoms with Crippen molar-refractivity contribution in [3.8, 4) is 0 Å². The van der Waals surface area contributed by atoms with E-state index in [-0.39, 0.29) is 0 Å². The minimum absolute atomic E-state index is 0.362. The van der Waals surface area contributed by atoms with E-state index >= 15 is 0 Å². The molecule has 0 bridgehead atoms. The molecule has 0 unspecified atom stereocenters. The van der Waals surface area contributed by atoms with Crippen molar-refractivity contribution in [2.45, 2.75) is 6.18 Å². The number of nitrogens with two attached hydrogens (primary N) is 1. The molecule has 0 aliphatic carbocycles. The monoisotopic (exact) mass is 259 g/mol. The summed E-state index contributed by atoms with van der Waals surface area (Å²) in [6.45, 7) is 0. The van der Waals surface area contributed by atoms with Crippen LogP contribution in [0.4, 0.5) is 13.2 Å². The van der Waals surface area contributed by atoms with E-state index in [2.05, 4.69) is 10.2 Å². The van der Waals surface area contributed by atoms with Crippen LogP contribution in [0.2, 0.25) is 0 Å². The average molecular weight is 259 g/mol. The van der Waals surface area contributed by atoms with Gasteiger partial charge in [-0.3, -0.25) is 0 Å². The molecule has 90 valence electrons. The lowest BCUT2D eigenvalue weighted by molar-refractivity contribution is -0.137. The topological polar surface area (TPSA) is 50.7 Å². The lowest BCUT2D eigenvalue weighted by Crippen LogP contribution is -2.16. The average Bonchev–Trinajstić information content (AvgIpc) is 2.29. The number of hydrogen-bond donors (Lipinski definition) is 1. The van der Waals surface area contributed by atoms with Crippen LogP contribution in [0.5, 0.6) is 0 Å². The molecule has 0 saturated carbocycles. The van der Waals surface area contributed by atoms with Crippen LogP contribution in [-0.4, -0.2) is 16.6 Å². The zero-order chi connectivity index (χ0) is 12.5. The molecule has 0 fully saturated rings. The normalized spacial score (nSPS) is 16.4. The van der Waals surface area contributed by atoms with Crippen molar-refractivity contribution in [2.24, 2.45) is 15.9 Å². The van der Waals surface area contributed by atoms with Crippen molar-refractivity contribution in [1.82, 2.24) is 0 Å². The third kappa shape index (κ3) is 2.79. The Balaban J connectivity index is 2.25. The van der Waals surface area contributed by atoms with Gasteiger partial charge in [0.05, 0.1) is 11.3 Å². The molecular formula is C10H8F3N3S. The first kappa shape index (κ1) is 12.0. The molecule has 2 N–H and O–H groups in total. The van der Waals surface area contributed by atoms with Gasteiger partial charge in [-0.15, -0.1) is 5.10 Å². The second-order valence-corrected chi connectivity index (χ2v) is 4.34. The Kier molecular flexibility index (Phi) is 3.10. The fraction of sp³-hybridized carbons (Fsp3) is 0.200. The molecule has 0 aromatic heterocycles. The zero-order valence-corrected chi connectivity index (χ0v) is 9.35. The van der Waals surface area contributed by atoms with Gasteiger partial charge in [-0.2, -0.15) is 18.3 Å². The van der Waals surface area contributed by atoms with Crippen LogP contribution in [0, 0.1) is 0 Å². The van der Waals surface area contributed by atoms with E-state index in [1.54, 1.807) is 0 Å². The van der Waals surface area contributed by atoms with E-state index in [0.29, 0.717) is 22.2 Å². The molecule has 1 heterocycles. The standard InChI is InChI=1S/C10H8F3N3S/c11-10(12,13)7-3-1-6(2-4-7)8-5-17-9(14)16-15-8/h1-4H,5H2,(H2,14,16). The summed E-state index contributed by atoms with van der Waals surface area (Å²) in [5.74, 6) is 0.515. The maximum absolute atomic E-state index is 12.3. The second kappa shape index (κ2) is 4.40. The van der Waals surface area contributed by atoms with Crippen LogP contribution in [-0.2, 0) is 6.18 Å². The number of rotatable bonds is 1. The van der Waals surface area contributed by atoms with E-state index in [1.807, 2.05) is 0 Å². The third-order valence-electron chi connectivity index (χ3n) is 2.17. The number of amidine groups is 1. The lowest BCUT2D eigenvalue weighted by atomic mass is 10.1. The fourth-order valence-corrected chi connectivity index (χ4v) is 1.91. The SMILES string of the molecule is NC1=NN=C(c2ccc(C(F)(F)F)cc2)CS1. The van der Waals surface area contributed by atoms with Gasteiger partial charge in [-0.25, -0.2) is 0 Å².